The Bertz CT molecular complexity index is 379. The van der Waals surface area contributed by atoms with E-state index in [0.717, 1.165) is 51.3 Å². The van der Waals surface area contributed by atoms with Crippen molar-refractivity contribution in [2.75, 3.05) is 26.2 Å². The molecule has 1 aromatic heterocycles. The van der Waals surface area contributed by atoms with Crippen LogP contribution in [0.1, 0.15) is 38.4 Å². The maximum Gasteiger partial charge on any atom is 0.0910 e. The minimum absolute atomic E-state index is 0.0365. The molecule has 1 saturated heterocycles. The number of aromatic nitrogens is 3. The third-order valence-electron chi connectivity index (χ3n) is 3.54. The fraction of sp³-hybridized carbons (Fsp3) is 0.846. The highest BCUT2D eigenvalue weighted by atomic mass is 16.5. The molecule has 0 radical (unpaired) electrons. The number of hydrogen-bond donors (Lipinski definition) is 1. The fourth-order valence-corrected chi connectivity index (χ4v) is 2.57. The van der Waals surface area contributed by atoms with Crippen LogP contribution in [0.25, 0.3) is 0 Å². The van der Waals surface area contributed by atoms with Crippen molar-refractivity contribution in [3.63, 3.8) is 0 Å². The molecule has 1 aliphatic rings. The first-order valence-electron chi connectivity index (χ1n) is 7.24. The Morgan fingerprint density at radius 1 is 1.42 bits per heavy atom. The second kappa shape index (κ2) is 6.98. The predicted octanol–water partition coefficient (Wildman–Crippen LogP) is 0.799. The van der Waals surface area contributed by atoms with E-state index in [4.69, 9.17) is 10.5 Å². The maximum atomic E-state index is 6.35. The van der Waals surface area contributed by atoms with Crippen molar-refractivity contribution in [1.82, 2.24) is 19.9 Å². The molecule has 0 spiro atoms. The van der Waals surface area contributed by atoms with Crippen LogP contribution in [0.5, 0.6) is 0 Å². The lowest BCUT2D eigenvalue weighted by atomic mass is 10.1. The summed E-state index contributed by atoms with van der Waals surface area (Å²) in [6, 6.07) is -0.152. The Morgan fingerprint density at radius 2 is 2.21 bits per heavy atom. The Kier molecular flexibility index (Phi) is 5.30. The van der Waals surface area contributed by atoms with Crippen molar-refractivity contribution in [3.05, 3.63) is 11.9 Å². The molecule has 2 heterocycles. The SMILES string of the molecule is CCCN1CCOC(C(N)c2cnnn2CCC)C1. The van der Waals surface area contributed by atoms with Gasteiger partial charge >= 0.3 is 0 Å². The fourth-order valence-electron chi connectivity index (χ4n) is 2.57. The maximum absolute atomic E-state index is 6.35. The molecular formula is C13H25N5O. The van der Waals surface area contributed by atoms with Gasteiger partial charge in [-0.15, -0.1) is 5.10 Å². The zero-order valence-corrected chi connectivity index (χ0v) is 12.0. The van der Waals surface area contributed by atoms with Gasteiger partial charge in [-0.1, -0.05) is 19.1 Å². The summed E-state index contributed by atoms with van der Waals surface area (Å²) >= 11 is 0. The van der Waals surface area contributed by atoms with E-state index in [1.165, 1.54) is 0 Å². The first-order chi connectivity index (χ1) is 9.26. The van der Waals surface area contributed by atoms with Crippen LogP contribution in [0.2, 0.25) is 0 Å². The van der Waals surface area contributed by atoms with Gasteiger partial charge in [0.05, 0.1) is 30.6 Å². The molecule has 0 saturated carbocycles. The Balaban J connectivity index is 2.01. The Morgan fingerprint density at radius 3 is 2.95 bits per heavy atom. The zero-order chi connectivity index (χ0) is 13.7. The predicted molar refractivity (Wildman–Crippen MR) is 73.7 cm³/mol. The standard InChI is InChI=1S/C13H25N5O/c1-3-5-17-7-8-19-12(10-17)13(14)11-9-15-16-18(11)6-4-2/h9,12-13H,3-8,10,14H2,1-2H3. The minimum atomic E-state index is -0.152. The van der Waals surface area contributed by atoms with Crippen LogP contribution >= 0.6 is 0 Å². The van der Waals surface area contributed by atoms with Crippen LogP contribution in [0.4, 0.5) is 0 Å². The molecule has 2 unspecified atom stereocenters. The van der Waals surface area contributed by atoms with E-state index in [1.54, 1.807) is 6.20 Å². The van der Waals surface area contributed by atoms with Gasteiger partial charge in [-0.25, -0.2) is 4.68 Å². The molecule has 6 nitrogen and oxygen atoms in total. The molecule has 0 amide bonds. The molecule has 1 aliphatic heterocycles. The lowest BCUT2D eigenvalue weighted by Crippen LogP contribution is -2.47. The molecule has 1 aromatic rings. The Hall–Kier alpha value is -0.980. The second-order valence-corrected chi connectivity index (χ2v) is 5.12. The van der Waals surface area contributed by atoms with Gasteiger partial charge < -0.3 is 10.5 Å². The van der Waals surface area contributed by atoms with Gasteiger partial charge in [-0.05, 0) is 19.4 Å². The molecule has 0 bridgehead atoms. The third-order valence-corrected chi connectivity index (χ3v) is 3.54. The van der Waals surface area contributed by atoms with Crippen LogP contribution in [0.3, 0.4) is 0 Å². The van der Waals surface area contributed by atoms with Crippen LogP contribution < -0.4 is 5.73 Å². The summed E-state index contributed by atoms with van der Waals surface area (Å²) in [5.74, 6) is 0. The summed E-state index contributed by atoms with van der Waals surface area (Å²) in [4.78, 5) is 2.42. The smallest absolute Gasteiger partial charge is 0.0910 e. The van der Waals surface area contributed by atoms with Crippen molar-refractivity contribution in [3.8, 4) is 0 Å². The Labute approximate surface area is 114 Å². The number of rotatable bonds is 6. The van der Waals surface area contributed by atoms with E-state index in [-0.39, 0.29) is 12.1 Å². The molecule has 2 atom stereocenters. The van der Waals surface area contributed by atoms with Crippen LogP contribution in [0, 0.1) is 0 Å². The number of hydrogen-bond acceptors (Lipinski definition) is 5. The molecule has 0 aromatic carbocycles. The normalized spacial score (nSPS) is 22.6. The van der Waals surface area contributed by atoms with Gasteiger partial charge in [0.1, 0.15) is 0 Å². The lowest BCUT2D eigenvalue weighted by molar-refractivity contribution is -0.0420. The van der Waals surface area contributed by atoms with E-state index >= 15 is 0 Å². The molecule has 108 valence electrons. The molecule has 1 fully saturated rings. The highest BCUT2D eigenvalue weighted by Crippen LogP contribution is 2.19. The van der Waals surface area contributed by atoms with Crippen molar-refractivity contribution < 1.29 is 4.74 Å². The number of nitrogens with two attached hydrogens (primary N) is 1. The molecular weight excluding hydrogens is 242 g/mol. The highest BCUT2D eigenvalue weighted by Gasteiger charge is 2.28. The first-order valence-corrected chi connectivity index (χ1v) is 7.24. The van der Waals surface area contributed by atoms with Gasteiger partial charge in [-0.3, -0.25) is 4.90 Å². The number of morpholine rings is 1. The van der Waals surface area contributed by atoms with Crippen LogP contribution in [-0.2, 0) is 11.3 Å². The zero-order valence-electron chi connectivity index (χ0n) is 12.0. The quantitative estimate of drug-likeness (QED) is 0.825. The van der Waals surface area contributed by atoms with Crippen molar-refractivity contribution in [2.24, 2.45) is 5.73 Å². The monoisotopic (exact) mass is 267 g/mol. The molecule has 2 rings (SSSR count). The summed E-state index contributed by atoms with van der Waals surface area (Å²) in [5.41, 5.74) is 7.33. The summed E-state index contributed by atoms with van der Waals surface area (Å²) < 4.78 is 7.73. The van der Waals surface area contributed by atoms with Crippen LogP contribution in [0.15, 0.2) is 6.20 Å². The van der Waals surface area contributed by atoms with Gasteiger partial charge in [0.2, 0.25) is 0 Å². The summed E-state index contributed by atoms with van der Waals surface area (Å²) in [7, 11) is 0. The summed E-state index contributed by atoms with van der Waals surface area (Å²) in [5, 5.41) is 8.07. The van der Waals surface area contributed by atoms with E-state index in [1.807, 2.05) is 4.68 Å². The number of ether oxygens (including phenoxy) is 1. The first kappa shape index (κ1) is 14.4. The van der Waals surface area contributed by atoms with Gasteiger partial charge in [0.15, 0.2) is 0 Å². The average molecular weight is 267 g/mol. The van der Waals surface area contributed by atoms with Crippen LogP contribution in [-0.4, -0.2) is 52.2 Å². The largest absolute Gasteiger partial charge is 0.374 e. The highest BCUT2D eigenvalue weighted by molar-refractivity contribution is 5.05. The lowest BCUT2D eigenvalue weighted by Gasteiger charge is -2.35. The van der Waals surface area contributed by atoms with Gasteiger partial charge in [0, 0.05) is 19.6 Å². The van der Waals surface area contributed by atoms with Crippen molar-refractivity contribution in [2.45, 2.75) is 45.4 Å². The summed E-state index contributed by atoms with van der Waals surface area (Å²) in [6.45, 7) is 8.94. The number of nitrogens with zero attached hydrogens (tertiary/aromatic N) is 4. The van der Waals surface area contributed by atoms with Crippen molar-refractivity contribution in [1.29, 1.82) is 0 Å². The van der Waals surface area contributed by atoms with Gasteiger partial charge in [0.25, 0.3) is 0 Å². The van der Waals surface area contributed by atoms with E-state index in [0.29, 0.717) is 0 Å². The molecule has 6 heteroatoms. The third kappa shape index (κ3) is 3.52. The van der Waals surface area contributed by atoms with E-state index < -0.39 is 0 Å². The summed E-state index contributed by atoms with van der Waals surface area (Å²) in [6.07, 6.45) is 3.99. The number of aryl methyl sites for hydroxylation is 1. The van der Waals surface area contributed by atoms with Gasteiger partial charge in [-0.2, -0.15) is 0 Å². The van der Waals surface area contributed by atoms with Crippen molar-refractivity contribution >= 4 is 0 Å². The van der Waals surface area contributed by atoms with E-state index in [2.05, 4.69) is 29.1 Å². The topological polar surface area (TPSA) is 69.2 Å². The molecule has 19 heavy (non-hydrogen) atoms. The molecule has 2 N–H and O–H groups in total. The average Bonchev–Trinajstić information content (AvgIpc) is 2.87. The van der Waals surface area contributed by atoms with E-state index in [9.17, 15) is 0 Å². The molecule has 0 aliphatic carbocycles. The minimum Gasteiger partial charge on any atom is -0.374 e. The second-order valence-electron chi connectivity index (χ2n) is 5.12.